The predicted molar refractivity (Wildman–Crippen MR) is 403 cm³/mol. The van der Waals surface area contributed by atoms with Crippen LogP contribution in [0.1, 0.15) is 207 Å². The molecular weight excluding hydrogens is 1120 g/mol. The summed E-state index contributed by atoms with van der Waals surface area (Å²) in [6.07, 6.45) is 9.55. The fraction of sp³-hybridized carbons (Fsp3) is 0.356. The molecule has 1 N–H and O–H groups in total. The molecule has 464 valence electrons. The van der Waals surface area contributed by atoms with Gasteiger partial charge in [-0.15, -0.1) is 0 Å². The first-order valence-electron chi connectivity index (χ1n) is 35.4. The summed E-state index contributed by atoms with van der Waals surface area (Å²) in [5.74, 6) is 0. The van der Waals surface area contributed by atoms with Crippen LogP contribution in [0.25, 0.3) is 126 Å². The van der Waals surface area contributed by atoms with E-state index in [4.69, 9.17) is 0 Å². The van der Waals surface area contributed by atoms with E-state index in [0.717, 1.165) is 7.28 Å². The van der Waals surface area contributed by atoms with Gasteiger partial charge >= 0.3 is 0 Å². The zero-order chi connectivity index (χ0) is 64.4. The van der Waals surface area contributed by atoms with Crippen LogP contribution in [-0.2, 0) is 43.3 Å². The van der Waals surface area contributed by atoms with E-state index in [2.05, 4.69) is 272 Å². The number of benzene rings is 10. The van der Waals surface area contributed by atoms with E-state index in [0.29, 0.717) is 0 Å². The molecule has 0 radical (unpaired) electrons. The van der Waals surface area contributed by atoms with Gasteiger partial charge in [0.25, 0.3) is 0 Å². The molecule has 0 unspecified atom stereocenters. The number of aromatic nitrogens is 2. The van der Waals surface area contributed by atoms with Crippen molar-refractivity contribution in [1.29, 1.82) is 0 Å². The minimum absolute atomic E-state index is 0.0658. The lowest BCUT2D eigenvalue weighted by Gasteiger charge is -2.42. The van der Waals surface area contributed by atoms with Gasteiger partial charge in [-0.05, 0) is 248 Å². The minimum Gasteiger partial charge on any atom is -0.354 e. The molecule has 3 heteroatoms. The first-order chi connectivity index (χ1) is 44.0. The van der Waals surface area contributed by atoms with E-state index in [1.54, 1.807) is 0 Å². The van der Waals surface area contributed by atoms with Crippen LogP contribution in [-0.4, -0.2) is 16.7 Å². The summed E-state index contributed by atoms with van der Waals surface area (Å²) in [5, 5.41) is 10.6. The summed E-state index contributed by atoms with van der Waals surface area (Å²) in [6.45, 7) is 39.4. The molecular formula is C90H91BN2. The van der Waals surface area contributed by atoms with Gasteiger partial charge < -0.3 is 9.38 Å². The molecule has 93 heavy (non-hydrogen) atoms. The maximum atomic E-state index is 4.22. The monoisotopic (exact) mass is 1210 g/mol. The smallest absolute Gasteiger partial charge is 0.198 e. The average molecular weight is 1210 g/mol. The Kier molecular flexibility index (Phi) is 11.5. The van der Waals surface area contributed by atoms with E-state index in [-0.39, 0.29) is 43.3 Å². The molecule has 18 rings (SSSR count). The number of H-pyrrole nitrogens is 1. The van der Waals surface area contributed by atoms with Crippen LogP contribution < -0.4 is 10.9 Å². The van der Waals surface area contributed by atoms with Gasteiger partial charge in [0, 0.05) is 54.4 Å². The van der Waals surface area contributed by atoms with Crippen molar-refractivity contribution in [3.05, 3.63) is 196 Å². The van der Waals surface area contributed by atoms with Gasteiger partial charge in [-0.25, -0.2) is 0 Å². The predicted octanol–water partition coefficient (Wildman–Crippen LogP) is 23.1. The summed E-state index contributed by atoms with van der Waals surface area (Å²) in [5.41, 5.74) is 35.3. The van der Waals surface area contributed by atoms with Crippen LogP contribution in [0.15, 0.2) is 152 Å². The highest BCUT2D eigenvalue weighted by molar-refractivity contribution is 6.76. The molecule has 3 aromatic heterocycles. The molecule has 13 aromatic rings. The minimum atomic E-state index is 0.0658. The van der Waals surface area contributed by atoms with Gasteiger partial charge in [0.1, 0.15) is 0 Å². The second-order valence-electron chi connectivity index (χ2n) is 35.5. The normalized spacial score (nSPS) is 19.8. The lowest BCUT2D eigenvalue weighted by molar-refractivity contribution is 0.332. The third kappa shape index (κ3) is 8.13. The molecule has 5 aliphatic rings. The Labute approximate surface area is 552 Å². The molecule has 0 saturated carbocycles. The van der Waals surface area contributed by atoms with E-state index in [1.807, 2.05) is 0 Å². The first-order valence-corrected chi connectivity index (χ1v) is 35.4. The van der Waals surface area contributed by atoms with Crippen molar-refractivity contribution in [3.8, 4) is 55.6 Å². The third-order valence-corrected chi connectivity index (χ3v) is 25.9. The molecule has 4 heterocycles. The quantitative estimate of drug-likeness (QED) is 0.166. The number of hydrogen-bond acceptors (Lipinski definition) is 0. The lowest BCUT2D eigenvalue weighted by atomic mass is 9.58. The molecule has 0 saturated heterocycles. The third-order valence-electron chi connectivity index (χ3n) is 25.9. The van der Waals surface area contributed by atoms with Crippen molar-refractivity contribution in [3.63, 3.8) is 0 Å². The number of nitrogens with one attached hydrogen (secondary N) is 1. The van der Waals surface area contributed by atoms with Gasteiger partial charge in [-0.1, -0.05) is 225 Å². The van der Waals surface area contributed by atoms with Crippen molar-refractivity contribution in [2.24, 2.45) is 0 Å². The van der Waals surface area contributed by atoms with E-state index in [9.17, 15) is 0 Å². The molecule has 4 aliphatic carbocycles. The molecule has 0 spiro atoms. The summed E-state index contributed by atoms with van der Waals surface area (Å²) in [7, 11) is 0.822. The SMILES string of the molecule is CC1(C)CCC(C)(C)c2cc(-c3ccc4[nH]c5c(-c6c7c8c(c9ccccc69)c6cc(-c9ccc%10c(c9)C(C)(C)CCC%10(C)C)cc9c%10cc(-c%11ccc%12c(c%11)C(C)(C)CCC%12(C)C)cc(c%10n8c96)B7)cc(-c6ccc7c(c6)C(C)(C)CCC7(C)C)cc5c4c3)ccc21. The standard InChI is InChI=1S/C90H91BN2/c1-83(2)31-35-87(9,10)70-45-51(21-26-66(70)83)50-25-30-75-60(39-50)61-40-55(52-22-27-67-71(46-52)88(11,12)36-32-84(67,3)4)43-64(79(61)92-75)76-58-19-17-18-20-59(58)77-65-44-56(53-23-28-68-72(47-53)89(13,14)37-33-85(68,5)6)41-62-63-42-57(49-74-81(63)93(80(62)65)82(77)78(76)91-74)54-24-29-69-73(48-54)90(15,16)38-34-86(69,7)8/h17-30,39-49,91-92H,31-38H2,1-16H3. The van der Waals surface area contributed by atoms with Gasteiger partial charge in [0.2, 0.25) is 0 Å². The van der Waals surface area contributed by atoms with Gasteiger partial charge in [0.05, 0.1) is 11.0 Å². The fourth-order valence-corrected chi connectivity index (χ4v) is 19.5. The molecule has 10 aromatic carbocycles. The van der Waals surface area contributed by atoms with Crippen LogP contribution >= 0.6 is 0 Å². The zero-order valence-electron chi connectivity index (χ0n) is 58.2. The van der Waals surface area contributed by atoms with Gasteiger partial charge in [0.15, 0.2) is 7.28 Å². The number of aromatic amines is 1. The maximum Gasteiger partial charge on any atom is 0.198 e. The Hall–Kier alpha value is -7.88. The molecule has 0 bridgehead atoms. The molecule has 2 nitrogen and oxygen atoms in total. The van der Waals surface area contributed by atoms with E-state index >= 15 is 0 Å². The fourth-order valence-electron chi connectivity index (χ4n) is 19.5. The van der Waals surface area contributed by atoms with Crippen LogP contribution in [0, 0.1) is 0 Å². The first kappa shape index (κ1) is 57.8. The Morgan fingerprint density at radius 3 is 1.15 bits per heavy atom. The van der Waals surface area contributed by atoms with Crippen LogP contribution in [0.2, 0.25) is 0 Å². The zero-order valence-corrected chi connectivity index (χ0v) is 58.2. The number of rotatable bonds is 5. The topological polar surface area (TPSA) is 20.2 Å². The number of hydrogen-bond donors (Lipinski definition) is 1. The summed E-state index contributed by atoms with van der Waals surface area (Å²) in [4.78, 5) is 4.22. The second kappa shape index (κ2) is 18.5. The summed E-state index contributed by atoms with van der Waals surface area (Å²) < 4.78 is 2.76. The van der Waals surface area contributed by atoms with Crippen molar-refractivity contribution >= 4 is 88.9 Å². The molecule has 0 fully saturated rings. The van der Waals surface area contributed by atoms with Gasteiger partial charge in [-0.3, -0.25) is 0 Å². The van der Waals surface area contributed by atoms with Crippen molar-refractivity contribution in [1.82, 2.24) is 9.38 Å². The number of nitrogens with zero attached hydrogens (tertiary/aromatic N) is 1. The Bertz CT molecular complexity index is 5480. The largest absolute Gasteiger partial charge is 0.354 e. The van der Waals surface area contributed by atoms with E-state index < -0.39 is 0 Å². The van der Waals surface area contributed by atoms with Crippen molar-refractivity contribution < 1.29 is 0 Å². The average Bonchev–Trinajstić information content (AvgIpc) is 1.51. The highest BCUT2D eigenvalue weighted by Crippen LogP contribution is 2.55. The number of fused-ring (bicyclic) bond motifs is 11. The Morgan fingerprint density at radius 2 is 0.667 bits per heavy atom. The summed E-state index contributed by atoms with van der Waals surface area (Å²) in [6, 6.07) is 62.3. The van der Waals surface area contributed by atoms with Crippen molar-refractivity contribution in [2.75, 3.05) is 0 Å². The molecule has 0 amide bonds. The Balaban J connectivity index is 0.935. The van der Waals surface area contributed by atoms with Crippen molar-refractivity contribution in [2.45, 2.75) is 205 Å². The van der Waals surface area contributed by atoms with Crippen LogP contribution in [0.3, 0.4) is 0 Å². The maximum absolute atomic E-state index is 4.22. The highest BCUT2D eigenvalue weighted by Gasteiger charge is 2.42. The summed E-state index contributed by atoms with van der Waals surface area (Å²) >= 11 is 0. The van der Waals surface area contributed by atoms with Gasteiger partial charge in [-0.2, -0.15) is 0 Å². The van der Waals surface area contributed by atoms with E-state index in [1.165, 1.54) is 233 Å². The molecule has 0 atom stereocenters. The second-order valence-corrected chi connectivity index (χ2v) is 35.5. The highest BCUT2D eigenvalue weighted by atomic mass is 14.9. The lowest BCUT2D eigenvalue weighted by Crippen LogP contribution is -2.35. The Morgan fingerprint density at radius 1 is 0.301 bits per heavy atom. The van der Waals surface area contributed by atoms with Crippen LogP contribution in [0.4, 0.5) is 0 Å². The van der Waals surface area contributed by atoms with Crippen LogP contribution in [0.5, 0.6) is 0 Å². The molecule has 1 aliphatic heterocycles.